The van der Waals surface area contributed by atoms with E-state index in [0.717, 1.165) is 10.8 Å². The first-order valence-corrected chi connectivity index (χ1v) is 3.25. The fourth-order valence-electron chi connectivity index (χ4n) is 0.449. The van der Waals surface area contributed by atoms with Crippen LogP contribution in [0.25, 0.3) is 0 Å². The van der Waals surface area contributed by atoms with Gasteiger partial charge in [-0.3, -0.25) is 0 Å². The third-order valence-corrected chi connectivity index (χ3v) is 1.92. The van der Waals surface area contributed by atoms with Crippen LogP contribution < -0.4 is 4.90 Å². The summed E-state index contributed by atoms with van der Waals surface area (Å²) < 4.78 is 0. The van der Waals surface area contributed by atoms with Gasteiger partial charge < -0.3 is 4.90 Å². The minimum absolute atomic E-state index is 0.227. The Morgan fingerprint density at radius 1 is 1.86 bits per heavy atom. The number of amides is 1. The minimum Gasteiger partial charge on any atom is -0.395 e. The van der Waals surface area contributed by atoms with Crippen molar-refractivity contribution in [1.82, 2.24) is 0 Å². The molecule has 1 aliphatic rings. The lowest BCUT2D eigenvalue weighted by molar-refractivity contribution is -0.750. The van der Waals surface area contributed by atoms with Gasteiger partial charge in [0.15, 0.2) is 0 Å². The molecule has 1 N–H and O–H groups in total. The summed E-state index contributed by atoms with van der Waals surface area (Å²) in [5.74, 6) is 1.72. The summed E-state index contributed by atoms with van der Waals surface area (Å²) in [6, 6.07) is 0. The molecule has 0 aromatic carbocycles. The molecule has 0 saturated carbocycles. The topological polar surface area (TPSA) is 21.5 Å². The third kappa shape index (κ3) is 0.951. The highest BCUT2D eigenvalue weighted by Gasteiger charge is 2.16. The van der Waals surface area contributed by atoms with Gasteiger partial charge in [0, 0.05) is 0 Å². The van der Waals surface area contributed by atoms with Crippen LogP contribution in [0, 0.1) is 7.05 Å². The van der Waals surface area contributed by atoms with Crippen molar-refractivity contribution < 1.29 is 9.69 Å². The van der Waals surface area contributed by atoms with Gasteiger partial charge in [0.2, 0.25) is 0 Å². The molecule has 0 aromatic rings. The van der Waals surface area contributed by atoms with E-state index in [1.807, 2.05) is 0 Å². The highest BCUT2D eigenvalue weighted by molar-refractivity contribution is 8.00. The normalized spacial score (nSPS) is 31.6. The lowest BCUT2D eigenvalue weighted by atomic mass is 10.6. The molecule has 1 rings (SSSR count). The zero-order valence-electron chi connectivity index (χ0n) is 3.94. The van der Waals surface area contributed by atoms with Crippen molar-refractivity contribution in [3.8, 4) is 0 Å². The molecule has 1 fully saturated rings. The Bertz CT molecular complexity index is 93.7. The molecular formula is C4H7NOS. The van der Waals surface area contributed by atoms with Crippen LogP contribution in [0.15, 0.2) is 0 Å². The first kappa shape index (κ1) is 5.12. The second kappa shape index (κ2) is 1.84. The van der Waals surface area contributed by atoms with Gasteiger partial charge in [0.25, 0.3) is 5.91 Å². The molecule has 3 heteroatoms. The smallest absolute Gasteiger partial charge is 0.296 e. The first-order valence-electron chi connectivity index (χ1n) is 2.09. The van der Waals surface area contributed by atoms with Gasteiger partial charge in [-0.15, -0.1) is 7.05 Å². The lowest BCUT2D eigenvalue weighted by Crippen LogP contribution is -3.07. The van der Waals surface area contributed by atoms with E-state index in [2.05, 4.69) is 7.05 Å². The van der Waals surface area contributed by atoms with Crippen molar-refractivity contribution in [3.63, 3.8) is 0 Å². The number of hydrogen-bond donors (Lipinski definition) is 1. The van der Waals surface area contributed by atoms with Gasteiger partial charge in [-0.25, -0.2) is 4.79 Å². The Kier molecular flexibility index (Phi) is 1.35. The number of thioether (sulfide) groups is 1. The van der Waals surface area contributed by atoms with Crippen molar-refractivity contribution in [2.75, 3.05) is 11.6 Å². The van der Waals surface area contributed by atoms with Crippen LogP contribution in [0.4, 0.5) is 0 Å². The maximum atomic E-state index is 10.5. The van der Waals surface area contributed by atoms with Gasteiger partial charge >= 0.3 is 0 Å². The van der Waals surface area contributed by atoms with Gasteiger partial charge in [-0.1, -0.05) is 11.8 Å². The van der Waals surface area contributed by atoms with Crippen LogP contribution in [-0.4, -0.2) is 17.5 Å². The van der Waals surface area contributed by atoms with E-state index >= 15 is 0 Å². The molecule has 0 aliphatic carbocycles. The summed E-state index contributed by atoms with van der Waals surface area (Å²) in [6.45, 7) is 0. The zero-order chi connectivity index (χ0) is 5.28. The number of hydrogen-bond acceptors (Lipinski definition) is 2. The summed E-state index contributed by atoms with van der Waals surface area (Å²) in [6.07, 6.45) is 0. The molecule has 2 nitrogen and oxygen atoms in total. The van der Waals surface area contributed by atoms with Gasteiger partial charge in [0.1, 0.15) is 11.6 Å². The molecule has 0 bridgehead atoms. The predicted octanol–water partition coefficient (Wildman–Crippen LogP) is -1.11. The van der Waals surface area contributed by atoms with Crippen LogP contribution in [0.3, 0.4) is 0 Å². The summed E-state index contributed by atoms with van der Waals surface area (Å²) in [4.78, 5) is 11.2. The fourth-order valence-corrected chi connectivity index (χ4v) is 1.35. The minimum atomic E-state index is 0.227. The van der Waals surface area contributed by atoms with Gasteiger partial charge in [0.05, 0.1) is 0 Å². The lowest BCUT2D eigenvalue weighted by Gasteiger charge is -2.04. The van der Waals surface area contributed by atoms with Crippen LogP contribution >= 0.6 is 11.8 Å². The van der Waals surface area contributed by atoms with E-state index in [4.69, 9.17) is 0 Å². The molecule has 0 aromatic heterocycles. The molecule has 1 amide bonds. The maximum Gasteiger partial charge on any atom is 0.296 e. The molecule has 0 radical (unpaired) electrons. The summed E-state index contributed by atoms with van der Waals surface area (Å²) >= 11 is 1.64. The SMILES string of the molecule is [CH2-][NH+]1CSCC1=O. The molecule has 1 heterocycles. The van der Waals surface area contributed by atoms with Crippen LogP contribution in [0.5, 0.6) is 0 Å². The van der Waals surface area contributed by atoms with Crippen molar-refractivity contribution in [2.24, 2.45) is 0 Å². The van der Waals surface area contributed by atoms with Crippen LogP contribution in [0.2, 0.25) is 0 Å². The van der Waals surface area contributed by atoms with Gasteiger partial charge in [-0.05, 0) is 0 Å². The second-order valence-corrected chi connectivity index (χ2v) is 2.51. The first-order chi connectivity index (χ1) is 3.30. The molecule has 0 spiro atoms. The molecule has 7 heavy (non-hydrogen) atoms. The van der Waals surface area contributed by atoms with Gasteiger partial charge in [-0.2, -0.15) is 0 Å². The van der Waals surface area contributed by atoms with Crippen molar-refractivity contribution in [3.05, 3.63) is 7.05 Å². The summed E-state index contributed by atoms with van der Waals surface area (Å²) in [7, 11) is 3.56. The van der Waals surface area contributed by atoms with Crippen molar-refractivity contribution in [1.29, 1.82) is 0 Å². The van der Waals surface area contributed by atoms with E-state index < -0.39 is 0 Å². The Balaban J connectivity index is 2.48. The average molecular weight is 117 g/mol. The van der Waals surface area contributed by atoms with E-state index in [9.17, 15) is 4.79 Å². The zero-order valence-corrected chi connectivity index (χ0v) is 4.75. The molecule has 1 saturated heterocycles. The van der Waals surface area contributed by atoms with Crippen LogP contribution in [-0.2, 0) is 4.79 Å². The fraction of sp³-hybridized carbons (Fsp3) is 0.500. The second-order valence-electron chi connectivity index (χ2n) is 1.52. The quantitative estimate of drug-likeness (QED) is 0.406. The molecule has 1 atom stereocenters. The molecule has 1 aliphatic heterocycles. The number of rotatable bonds is 0. The van der Waals surface area contributed by atoms with Crippen molar-refractivity contribution >= 4 is 17.7 Å². The predicted molar refractivity (Wildman–Crippen MR) is 28.7 cm³/mol. The molecule has 40 valence electrons. The highest BCUT2D eigenvalue weighted by Crippen LogP contribution is 1.97. The van der Waals surface area contributed by atoms with E-state index in [-0.39, 0.29) is 5.91 Å². The standard InChI is InChI=1S/C4H7NOS/c1-5-3-7-2-4(5)6/h5H,1-3H2. The van der Waals surface area contributed by atoms with Crippen molar-refractivity contribution in [2.45, 2.75) is 0 Å². The number of carbonyl (C=O) groups is 1. The Labute approximate surface area is 46.9 Å². The summed E-state index contributed by atoms with van der Waals surface area (Å²) in [5.41, 5.74) is 0. The third-order valence-electron chi connectivity index (χ3n) is 0.904. The average Bonchev–Trinajstić information content (AvgIpc) is 1.91. The number of carbonyl (C=O) groups excluding carboxylic acids is 1. The van der Waals surface area contributed by atoms with E-state index in [0.29, 0.717) is 5.75 Å². The Morgan fingerprint density at radius 2 is 2.57 bits per heavy atom. The largest absolute Gasteiger partial charge is 0.395 e. The number of quaternary nitrogens is 1. The van der Waals surface area contributed by atoms with E-state index in [1.165, 1.54) is 0 Å². The Morgan fingerprint density at radius 3 is 2.71 bits per heavy atom. The van der Waals surface area contributed by atoms with Crippen LogP contribution in [0.1, 0.15) is 0 Å². The molecule has 1 unspecified atom stereocenters. The number of nitrogens with one attached hydrogen (secondary N) is 1. The van der Waals surface area contributed by atoms with E-state index in [1.54, 1.807) is 11.8 Å². The Hall–Kier alpha value is -0.0200. The summed E-state index contributed by atoms with van der Waals surface area (Å²) in [5, 5.41) is 0. The highest BCUT2D eigenvalue weighted by atomic mass is 32.2. The maximum absolute atomic E-state index is 10.5. The monoisotopic (exact) mass is 117 g/mol. The molecular weight excluding hydrogens is 110 g/mol.